The molecule has 0 saturated carbocycles. The van der Waals surface area contributed by atoms with Crippen molar-refractivity contribution in [2.24, 2.45) is 5.84 Å². The van der Waals surface area contributed by atoms with Crippen LogP contribution in [0, 0.1) is 0 Å². The second-order valence-corrected chi connectivity index (χ2v) is 4.63. The minimum atomic E-state index is -0.187. The van der Waals surface area contributed by atoms with Gasteiger partial charge in [0.1, 0.15) is 0 Å². The zero-order valence-electron chi connectivity index (χ0n) is 11.1. The summed E-state index contributed by atoms with van der Waals surface area (Å²) in [4.78, 5) is 4.16. The van der Waals surface area contributed by atoms with Gasteiger partial charge in [0.15, 0.2) is 0 Å². The van der Waals surface area contributed by atoms with Crippen molar-refractivity contribution in [3.63, 3.8) is 0 Å². The lowest BCUT2D eigenvalue weighted by atomic mass is 9.99. The Kier molecular flexibility index (Phi) is 4.52. The lowest BCUT2D eigenvalue weighted by Crippen LogP contribution is -2.31. The summed E-state index contributed by atoms with van der Waals surface area (Å²) in [6.45, 7) is 4.85. The van der Waals surface area contributed by atoms with E-state index in [0.717, 1.165) is 29.8 Å². The zero-order chi connectivity index (χ0) is 13.8. The highest BCUT2D eigenvalue weighted by atomic mass is 35.5. The highest BCUT2D eigenvalue weighted by molar-refractivity contribution is 6.31. The van der Waals surface area contributed by atoms with Crippen molar-refractivity contribution in [2.75, 3.05) is 0 Å². The summed E-state index contributed by atoms with van der Waals surface area (Å²) in [5.74, 6) is 5.74. The number of nitrogens with two attached hydrogens (primary N) is 1. The smallest absolute Gasteiger partial charge is 0.0897 e. The van der Waals surface area contributed by atoms with Crippen molar-refractivity contribution >= 4 is 11.6 Å². The van der Waals surface area contributed by atoms with Crippen LogP contribution in [0.15, 0.2) is 24.7 Å². The van der Waals surface area contributed by atoms with Gasteiger partial charge in [-0.15, -0.1) is 0 Å². The van der Waals surface area contributed by atoms with Gasteiger partial charge >= 0.3 is 0 Å². The number of hydrogen-bond donors (Lipinski definition) is 2. The van der Waals surface area contributed by atoms with Crippen LogP contribution in [-0.2, 0) is 13.0 Å². The Morgan fingerprint density at radius 2 is 2.21 bits per heavy atom. The van der Waals surface area contributed by atoms with Crippen LogP contribution in [0.2, 0.25) is 5.02 Å². The van der Waals surface area contributed by atoms with Crippen molar-refractivity contribution in [3.8, 4) is 0 Å². The number of nitrogens with zero attached hydrogens (tertiary/aromatic N) is 3. The summed E-state index contributed by atoms with van der Waals surface area (Å²) in [7, 11) is 0. The highest BCUT2D eigenvalue weighted by Crippen LogP contribution is 2.29. The molecule has 1 atom stereocenters. The van der Waals surface area contributed by atoms with E-state index < -0.39 is 0 Å². The van der Waals surface area contributed by atoms with E-state index in [0.29, 0.717) is 5.02 Å². The molecule has 3 N–H and O–H groups in total. The first-order valence-corrected chi connectivity index (χ1v) is 6.70. The van der Waals surface area contributed by atoms with E-state index in [2.05, 4.69) is 22.4 Å². The molecule has 0 radical (unpaired) electrons. The monoisotopic (exact) mass is 279 g/mol. The molecule has 19 heavy (non-hydrogen) atoms. The molecule has 0 aliphatic rings. The molecular formula is C13H18ClN5. The molecule has 0 bridgehead atoms. The van der Waals surface area contributed by atoms with E-state index in [1.54, 1.807) is 12.4 Å². The standard InChI is InChI=1S/C13H18ClN5/c1-3-9-7-16-6-5-10(9)12(18-15)13-11(14)8-17-19(13)4-2/h5-8,12,18H,3-4,15H2,1-2H3. The number of aromatic nitrogens is 3. The largest absolute Gasteiger partial charge is 0.271 e. The maximum Gasteiger partial charge on any atom is 0.0897 e. The fourth-order valence-electron chi connectivity index (χ4n) is 2.24. The van der Waals surface area contributed by atoms with Crippen molar-refractivity contribution < 1.29 is 0 Å². The van der Waals surface area contributed by atoms with Gasteiger partial charge in [0.2, 0.25) is 0 Å². The third-order valence-corrected chi connectivity index (χ3v) is 3.50. The third-order valence-electron chi connectivity index (χ3n) is 3.21. The quantitative estimate of drug-likeness (QED) is 0.649. The molecule has 2 aromatic rings. The molecule has 0 aromatic carbocycles. The van der Waals surface area contributed by atoms with E-state index in [1.807, 2.05) is 23.9 Å². The van der Waals surface area contributed by atoms with E-state index >= 15 is 0 Å². The summed E-state index contributed by atoms with van der Waals surface area (Å²) in [6.07, 6.45) is 6.16. The average Bonchev–Trinajstić information content (AvgIpc) is 2.82. The number of pyridine rings is 1. The van der Waals surface area contributed by atoms with Gasteiger partial charge in [0.25, 0.3) is 0 Å². The Morgan fingerprint density at radius 1 is 1.42 bits per heavy atom. The van der Waals surface area contributed by atoms with E-state index in [-0.39, 0.29) is 6.04 Å². The Morgan fingerprint density at radius 3 is 2.84 bits per heavy atom. The third kappa shape index (κ3) is 2.63. The van der Waals surface area contributed by atoms with Gasteiger partial charge in [-0.2, -0.15) is 5.10 Å². The molecule has 0 aliphatic carbocycles. The number of aryl methyl sites for hydroxylation is 2. The van der Waals surface area contributed by atoms with Gasteiger partial charge in [-0.25, -0.2) is 5.43 Å². The first kappa shape index (κ1) is 14.0. The van der Waals surface area contributed by atoms with E-state index in [1.165, 1.54) is 0 Å². The van der Waals surface area contributed by atoms with Crippen LogP contribution >= 0.6 is 11.6 Å². The van der Waals surface area contributed by atoms with Crippen molar-refractivity contribution in [3.05, 3.63) is 46.5 Å². The number of rotatable bonds is 5. The first-order chi connectivity index (χ1) is 9.22. The van der Waals surface area contributed by atoms with Crippen LogP contribution in [-0.4, -0.2) is 14.8 Å². The van der Waals surface area contributed by atoms with Gasteiger partial charge in [0.05, 0.1) is 23.0 Å². The van der Waals surface area contributed by atoms with Crippen molar-refractivity contribution in [1.29, 1.82) is 0 Å². The maximum absolute atomic E-state index is 6.25. The molecule has 102 valence electrons. The maximum atomic E-state index is 6.25. The molecule has 0 spiro atoms. The second kappa shape index (κ2) is 6.14. The van der Waals surface area contributed by atoms with Gasteiger partial charge in [-0.3, -0.25) is 15.5 Å². The topological polar surface area (TPSA) is 68.8 Å². The van der Waals surface area contributed by atoms with Crippen LogP contribution in [0.1, 0.15) is 36.7 Å². The lowest BCUT2D eigenvalue weighted by molar-refractivity contribution is 0.541. The molecular weight excluding hydrogens is 262 g/mol. The molecule has 2 rings (SSSR count). The van der Waals surface area contributed by atoms with Crippen LogP contribution in [0.5, 0.6) is 0 Å². The molecule has 0 fully saturated rings. The van der Waals surface area contributed by atoms with Crippen LogP contribution < -0.4 is 11.3 Å². The summed E-state index contributed by atoms with van der Waals surface area (Å²) in [5.41, 5.74) is 5.94. The van der Waals surface area contributed by atoms with Crippen LogP contribution in [0.3, 0.4) is 0 Å². The van der Waals surface area contributed by atoms with Gasteiger partial charge < -0.3 is 0 Å². The number of nitrogens with one attached hydrogen (secondary N) is 1. The Balaban J connectivity index is 2.53. The second-order valence-electron chi connectivity index (χ2n) is 4.22. The van der Waals surface area contributed by atoms with Crippen LogP contribution in [0.25, 0.3) is 0 Å². The highest BCUT2D eigenvalue weighted by Gasteiger charge is 2.22. The molecule has 0 amide bonds. The summed E-state index contributed by atoms with van der Waals surface area (Å²) < 4.78 is 1.85. The summed E-state index contributed by atoms with van der Waals surface area (Å²) in [6, 6.07) is 1.78. The minimum Gasteiger partial charge on any atom is -0.271 e. The number of hydrogen-bond acceptors (Lipinski definition) is 4. The minimum absolute atomic E-state index is 0.187. The van der Waals surface area contributed by atoms with Gasteiger partial charge in [-0.05, 0) is 30.5 Å². The Hall–Kier alpha value is -1.43. The molecule has 6 heteroatoms. The SMILES string of the molecule is CCc1cnccc1C(NN)c1c(Cl)cnn1CC. The average molecular weight is 280 g/mol. The van der Waals surface area contributed by atoms with Crippen molar-refractivity contribution in [2.45, 2.75) is 32.9 Å². The summed E-state index contributed by atoms with van der Waals surface area (Å²) >= 11 is 6.25. The number of hydrazine groups is 1. The molecule has 0 aliphatic heterocycles. The van der Waals surface area contributed by atoms with Gasteiger partial charge in [0, 0.05) is 18.9 Å². The number of halogens is 1. The molecule has 1 unspecified atom stereocenters. The zero-order valence-corrected chi connectivity index (χ0v) is 11.9. The van der Waals surface area contributed by atoms with Crippen molar-refractivity contribution in [1.82, 2.24) is 20.2 Å². The molecule has 0 saturated heterocycles. The van der Waals surface area contributed by atoms with Crippen LogP contribution in [0.4, 0.5) is 0 Å². The lowest BCUT2D eigenvalue weighted by Gasteiger charge is -2.20. The van der Waals surface area contributed by atoms with E-state index in [9.17, 15) is 0 Å². The summed E-state index contributed by atoms with van der Waals surface area (Å²) in [5, 5.41) is 4.87. The predicted molar refractivity (Wildman–Crippen MR) is 75.7 cm³/mol. The molecule has 5 nitrogen and oxygen atoms in total. The Bertz CT molecular complexity index is 552. The predicted octanol–water partition coefficient (Wildman–Crippen LogP) is 2.07. The van der Waals surface area contributed by atoms with Gasteiger partial charge in [-0.1, -0.05) is 18.5 Å². The fourth-order valence-corrected chi connectivity index (χ4v) is 2.49. The normalized spacial score (nSPS) is 12.6. The molecule has 2 aromatic heterocycles. The fraction of sp³-hybridized carbons (Fsp3) is 0.385. The van der Waals surface area contributed by atoms with E-state index in [4.69, 9.17) is 17.4 Å². The molecule has 2 heterocycles. The Labute approximate surface area is 117 Å². The first-order valence-electron chi connectivity index (χ1n) is 6.33.